The molecule has 2 unspecified atom stereocenters. The standard InChI is InChI=1S/C10H16N2S2/c11-7-8-3-1-2-4-9(8)14-10-12-5-6-13-10/h5-6,8-9H,1-4,7,11H2. The number of nitrogens with two attached hydrogens (primary N) is 1. The Hall–Kier alpha value is -0.0600. The first-order valence-electron chi connectivity index (χ1n) is 5.16. The van der Waals surface area contributed by atoms with E-state index in [1.807, 2.05) is 23.3 Å². The molecule has 1 saturated carbocycles. The molecule has 1 heterocycles. The first-order chi connectivity index (χ1) is 6.90. The number of aromatic nitrogens is 1. The van der Waals surface area contributed by atoms with Crippen LogP contribution in [0.25, 0.3) is 0 Å². The lowest BCUT2D eigenvalue weighted by atomic mass is 9.89. The van der Waals surface area contributed by atoms with Crippen LogP contribution in [0.4, 0.5) is 0 Å². The van der Waals surface area contributed by atoms with Gasteiger partial charge in [-0.05, 0) is 25.3 Å². The molecule has 1 aliphatic carbocycles. The zero-order valence-corrected chi connectivity index (χ0v) is 9.82. The molecule has 1 aromatic heterocycles. The second-order valence-electron chi connectivity index (χ2n) is 3.73. The maximum Gasteiger partial charge on any atom is 0.150 e. The molecular formula is C10H16N2S2. The summed E-state index contributed by atoms with van der Waals surface area (Å²) in [6.07, 6.45) is 7.22. The van der Waals surface area contributed by atoms with Crippen molar-refractivity contribution in [3.63, 3.8) is 0 Å². The topological polar surface area (TPSA) is 38.9 Å². The van der Waals surface area contributed by atoms with E-state index >= 15 is 0 Å². The quantitative estimate of drug-likeness (QED) is 0.864. The molecule has 2 nitrogen and oxygen atoms in total. The van der Waals surface area contributed by atoms with Gasteiger partial charge in [-0.1, -0.05) is 24.6 Å². The summed E-state index contributed by atoms with van der Waals surface area (Å²) in [6, 6.07) is 0. The summed E-state index contributed by atoms with van der Waals surface area (Å²) in [5.74, 6) is 0.706. The van der Waals surface area contributed by atoms with Crippen LogP contribution in [0.1, 0.15) is 25.7 Å². The van der Waals surface area contributed by atoms with Gasteiger partial charge in [0.05, 0.1) is 0 Å². The fraction of sp³-hybridized carbons (Fsp3) is 0.700. The highest BCUT2D eigenvalue weighted by molar-refractivity contribution is 8.01. The first-order valence-corrected chi connectivity index (χ1v) is 6.92. The molecule has 14 heavy (non-hydrogen) atoms. The molecule has 1 fully saturated rings. The largest absolute Gasteiger partial charge is 0.330 e. The molecule has 2 atom stereocenters. The Kier molecular flexibility index (Phi) is 3.84. The Morgan fingerprint density at radius 2 is 2.36 bits per heavy atom. The van der Waals surface area contributed by atoms with Gasteiger partial charge in [0.15, 0.2) is 0 Å². The lowest BCUT2D eigenvalue weighted by Gasteiger charge is -2.29. The molecule has 0 aliphatic heterocycles. The molecule has 0 saturated heterocycles. The SMILES string of the molecule is NCC1CCCCC1Sc1nccs1. The van der Waals surface area contributed by atoms with Crippen LogP contribution in [0.3, 0.4) is 0 Å². The van der Waals surface area contributed by atoms with E-state index in [1.54, 1.807) is 11.3 Å². The summed E-state index contributed by atoms with van der Waals surface area (Å²) >= 11 is 3.67. The molecule has 2 rings (SSSR count). The third-order valence-corrected chi connectivity index (χ3v) is 5.18. The van der Waals surface area contributed by atoms with E-state index in [0.29, 0.717) is 11.2 Å². The maximum atomic E-state index is 5.79. The number of nitrogens with zero attached hydrogens (tertiary/aromatic N) is 1. The summed E-state index contributed by atoms with van der Waals surface area (Å²) in [5, 5.41) is 2.75. The zero-order valence-electron chi connectivity index (χ0n) is 8.19. The summed E-state index contributed by atoms with van der Waals surface area (Å²) in [4.78, 5) is 4.32. The lowest BCUT2D eigenvalue weighted by Crippen LogP contribution is -2.28. The van der Waals surface area contributed by atoms with Gasteiger partial charge in [-0.15, -0.1) is 11.3 Å². The molecule has 0 aromatic carbocycles. The molecule has 2 N–H and O–H groups in total. The first kappa shape index (κ1) is 10.5. The number of rotatable bonds is 3. The Bertz CT molecular complexity index is 261. The minimum absolute atomic E-state index is 0.706. The van der Waals surface area contributed by atoms with Crippen LogP contribution in [-0.4, -0.2) is 16.8 Å². The molecule has 0 radical (unpaired) electrons. The second-order valence-corrected chi connectivity index (χ2v) is 6.12. The monoisotopic (exact) mass is 228 g/mol. The van der Waals surface area contributed by atoms with Crippen LogP contribution in [0.15, 0.2) is 15.9 Å². The fourth-order valence-corrected chi connectivity index (χ4v) is 4.22. The van der Waals surface area contributed by atoms with E-state index in [0.717, 1.165) is 6.54 Å². The van der Waals surface area contributed by atoms with Crippen molar-refractivity contribution in [3.8, 4) is 0 Å². The van der Waals surface area contributed by atoms with Gasteiger partial charge in [0.2, 0.25) is 0 Å². The van der Waals surface area contributed by atoms with Crippen LogP contribution in [0.2, 0.25) is 0 Å². The van der Waals surface area contributed by atoms with Crippen molar-refractivity contribution in [1.29, 1.82) is 0 Å². The van der Waals surface area contributed by atoms with Gasteiger partial charge in [-0.2, -0.15) is 0 Å². The van der Waals surface area contributed by atoms with Gasteiger partial charge in [0, 0.05) is 16.8 Å². The predicted molar refractivity (Wildman–Crippen MR) is 62.8 cm³/mol. The van der Waals surface area contributed by atoms with Crippen LogP contribution in [0, 0.1) is 5.92 Å². The highest BCUT2D eigenvalue weighted by Gasteiger charge is 2.25. The molecule has 1 aromatic rings. The van der Waals surface area contributed by atoms with Gasteiger partial charge < -0.3 is 5.73 Å². The lowest BCUT2D eigenvalue weighted by molar-refractivity contribution is 0.378. The average molecular weight is 228 g/mol. The molecule has 78 valence electrons. The van der Waals surface area contributed by atoms with E-state index in [4.69, 9.17) is 5.73 Å². The van der Waals surface area contributed by atoms with Crippen molar-refractivity contribution < 1.29 is 0 Å². The minimum Gasteiger partial charge on any atom is -0.330 e. The van der Waals surface area contributed by atoms with E-state index < -0.39 is 0 Å². The zero-order chi connectivity index (χ0) is 9.80. The number of thioether (sulfide) groups is 1. The highest BCUT2D eigenvalue weighted by atomic mass is 32.2. The Labute approximate surface area is 93.3 Å². The summed E-state index contributed by atoms with van der Waals surface area (Å²) in [6.45, 7) is 0.836. The maximum absolute atomic E-state index is 5.79. The summed E-state index contributed by atoms with van der Waals surface area (Å²) < 4.78 is 1.20. The third-order valence-electron chi connectivity index (χ3n) is 2.80. The number of hydrogen-bond acceptors (Lipinski definition) is 4. The highest BCUT2D eigenvalue weighted by Crippen LogP contribution is 2.37. The van der Waals surface area contributed by atoms with Crippen molar-refractivity contribution >= 4 is 23.1 Å². The van der Waals surface area contributed by atoms with E-state index in [-0.39, 0.29) is 0 Å². The Morgan fingerprint density at radius 3 is 3.07 bits per heavy atom. The molecular weight excluding hydrogens is 212 g/mol. The van der Waals surface area contributed by atoms with Gasteiger partial charge in [0.1, 0.15) is 4.34 Å². The summed E-state index contributed by atoms with van der Waals surface area (Å²) in [7, 11) is 0. The van der Waals surface area contributed by atoms with Gasteiger partial charge >= 0.3 is 0 Å². The van der Waals surface area contributed by atoms with Crippen molar-refractivity contribution in [3.05, 3.63) is 11.6 Å². The smallest absolute Gasteiger partial charge is 0.150 e. The predicted octanol–water partition coefficient (Wildman–Crippen LogP) is 2.75. The van der Waals surface area contributed by atoms with Crippen molar-refractivity contribution in [2.45, 2.75) is 35.3 Å². The Balaban J connectivity index is 1.94. The van der Waals surface area contributed by atoms with Crippen LogP contribution >= 0.6 is 23.1 Å². The second kappa shape index (κ2) is 5.14. The average Bonchev–Trinajstić information content (AvgIpc) is 2.71. The molecule has 4 heteroatoms. The fourth-order valence-electron chi connectivity index (χ4n) is 2.00. The normalized spacial score (nSPS) is 27.8. The molecule has 0 amide bonds. The number of thiazole rings is 1. The third kappa shape index (κ3) is 2.49. The summed E-state index contributed by atoms with van der Waals surface area (Å²) in [5.41, 5.74) is 5.79. The van der Waals surface area contributed by atoms with E-state index in [9.17, 15) is 0 Å². The number of hydrogen-bond donors (Lipinski definition) is 1. The molecule has 1 aliphatic rings. The van der Waals surface area contributed by atoms with Crippen LogP contribution in [-0.2, 0) is 0 Å². The van der Waals surface area contributed by atoms with Crippen LogP contribution < -0.4 is 5.73 Å². The van der Waals surface area contributed by atoms with Gasteiger partial charge in [0.25, 0.3) is 0 Å². The van der Waals surface area contributed by atoms with Crippen molar-refractivity contribution in [1.82, 2.24) is 4.98 Å². The van der Waals surface area contributed by atoms with Gasteiger partial charge in [-0.25, -0.2) is 4.98 Å². The van der Waals surface area contributed by atoms with E-state index in [2.05, 4.69) is 4.98 Å². The minimum atomic E-state index is 0.706. The van der Waals surface area contributed by atoms with Gasteiger partial charge in [-0.3, -0.25) is 0 Å². The van der Waals surface area contributed by atoms with Crippen molar-refractivity contribution in [2.75, 3.05) is 6.54 Å². The van der Waals surface area contributed by atoms with Crippen molar-refractivity contribution in [2.24, 2.45) is 11.7 Å². The molecule has 0 bridgehead atoms. The van der Waals surface area contributed by atoms with Crippen LogP contribution in [0.5, 0.6) is 0 Å². The Morgan fingerprint density at radius 1 is 1.50 bits per heavy atom. The van der Waals surface area contributed by atoms with E-state index in [1.165, 1.54) is 30.0 Å². The molecule has 0 spiro atoms.